The summed E-state index contributed by atoms with van der Waals surface area (Å²) < 4.78 is 12.0. The van der Waals surface area contributed by atoms with E-state index in [0.29, 0.717) is 40.8 Å². The number of Topliss-reactive ketones (excluding diaryl/α,β-unsaturated/α-hetero) is 1. The summed E-state index contributed by atoms with van der Waals surface area (Å²) in [5, 5.41) is 32.0. The maximum Gasteiger partial charge on any atom is 0.325 e. The third-order valence-electron chi connectivity index (χ3n) is 11.8. The molecule has 6 atom stereocenters. The smallest absolute Gasteiger partial charge is 0.325 e. The van der Waals surface area contributed by atoms with Crippen LogP contribution < -0.4 is 4.74 Å². The molecule has 3 N–H and O–H groups in total. The lowest BCUT2D eigenvalue weighted by molar-refractivity contribution is -0.179. The van der Waals surface area contributed by atoms with E-state index in [4.69, 9.17) is 9.47 Å². The Morgan fingerprint density at radius 2 is 1.50 bits per heavy atom. The van der Waals surface area contributed by atoms with Crippen LogP contribution in [-0.2, 0) is 31.0 Å². The molecule has 54 heavy (non-hydrogen) atoms. The van der Waals surface area contributed by atoms with E-state index in [9.17, 15) is 24.9 Å². The lowest BCUT2D eigenvalue weighted by atomic mass is 9.65. The molecule has 8 rings (SSSR count). The second kappa shape index (κ2) is 14.5. The van der Waals surface area contributed by atoms with Crippen molar-refractivity contribution in [2.75, 3.05) is 13.2 Å². The number of aliphatic hydroxyl groups excluding tert-OH is 1. The SMILES string of the molecule is O=C1O[C@@H](c2ccccc2)[C@@H](c2ccccc2)N2[C@@H](c3ccc(OCCO)cc3)[C@]3(C(=O)Cc4ccc(C#CC5(O)CCCCCC5)cc43)[C@@H](C(=O)O)[C@H]12. The van der Waals surface area contributed by atoms with Gasteiger partial charge in [-0.3, -0.25) is 19.3 Å². The highest BCUT2D eigenvalue weighted by Crippen LogP contribution is 2.64. The van der Waals surface area contributed by atoms with Gasteiger partial charge in [0, 0.05) is 12.0 Å². The van der Waals surface area contributed by atoms with Gasteiger partial charge in [0.05, 0.1) is 24.1 Å². The first kappa shape index (κ1) is 35.7. The zero-order chi connectivity index (χ0) is 37.5. The molecule has 9 nitrogen and oxygen atoms in total. The molecular formula is C45H43NO8. The van der Waals surface area contributed by atoms with Crippen LogP contribution in [-0.4, -0.2) is 62.8 Å². The van der Waals surface area contributed by atoms with Crippen molar-refractivity contribution in [2.45, 2.75) is 80.2 Å². The highest BCUT2D eigenvalue weighted by Gasteiger charge is 2.73. The third kappa shape index (κ3) is 6.08. The largest absolute Gasteiger partial charge is 0.491 e. The summed E-state index contributed by atoms with van der Waals surface area (Å²) >= 11 is 0. The van der Waals surface area contributed by atoms with Gasteiger partial charge in [0.15, 0.2) is 5.78 Å². The number of hydrogen-bond acceptors (Lipinski definition) is 8. The molecule has 0 radical (unpaired) electrons. The molecule has 1 saturated carbocycles. The van der Waals surface area contributed by atoms with E-state index >= 15 is 4.79 Å². The number of esters is 1. The van der Waals surface area contributed by atoms with Crippen LogP contribution in [0.25, 0.3) is 0 Å². The summed E-state index contributed by atoms with van der Waals surface area (Å²) in [6.07, 6.45) is 4.21. The summed E-state index contributed by atoms with van der Waals surface area (Å²) in [6.45, 7) is -0.0770. The molecule has 4 aliphatic rings. The zero-order valence-corrected chi connectivity index (χ0v) is 29.9. The average molecular weight is 726 g/mol. The maximum atomic E-state index is 15.0. The van der Waals surface area contributed by atoms with Gasteiger partial charge in [0.1, 0.15) is 36.0 Å². The van der Waals surface area contributed by atoms with E-state index in [1.807, 2.05) is 95.9 Å². The van der Waals surface area contributed by atoms with Crippen LogP contribution in [0.2, 0.25) is 0 Å². The Balaban J connectivity index is 1.36. The molecule has 2 saturated heterocycles. The van der Waals surface area contributed by atoms with E-state index in [-0.39, 0.29) is 25.4 Å². The van der Waals surface area contributed by atoms with E-state index in [1.54, 1.807) is 12.1 Å². The first-order chi connectivity index (χ1) is 26.2. The molecule has 4 aromatic carbocycles. The molecule has 2 aliphatic carbocycles. The number of aliphatic carboxylic acids is 1. The highest BCUT2D eigenvalue weighted by atomic mass is 16.6. The Labute approximate surface area is 314 Å². The highest BCUT2D eigenvalue weighted by molar-refractivity contribution is 6.04. The lowest BCUT2D eigenvalue weighted by Gasteiger charge is -2.46. The molecule has 0 bridgehead atoms. The number of rotatable bonds is 7. The average Bonchev–Trinajstić information content (AvgIpc) is 3.56. The van der Waals surface area contributed by atoms with Gasteiger partial charge in [-0.15, -0.1) is 0 Å². The predicted molar refractivity (Wildman–Crippen MR) is 199 cm³/mol. The summed E-state index contributed by atoms with van der Waals surface area (Å²) in [4.78, 5) is 45.4. The lowest BCUT2D eigenvalue weighted by Crippen LogP contribution is -2.52. The molecule has 276 valence electrons. The second-order valence-electron chi connectivity index (χ2n) is 14.9. The number of ketones is 1. The van der Waals surface area contributed by atoms with Crippen LogP contribution in [0.3, 0.4) is 0 Å². The molecule has 9 heteroatoms. The Morgan fingerprint density at radius 3 is 2.15 bits per heavy atom. The third-order valence-corrected chi connectivity index (χ3v) is 11.8. The van der Waals surface area contributed by atoms with Crippen LogP contribution in [0.5, 0.6) is 5.75 Å². The van der Waals surface area contributed by atoms with Gasteiger partial charge < -0.3 is 24.8 Å². The number of cyclic esters (lactones) is 1. The monoisotopic (exact) mass is 725 g/mol. The molecular weight excluding hydrogens is 682 g/mol. The topological polar surface area (TPSA) is 134 Å². The summed E-state index contributed by atoms with van der Waals surface area (Å²) in [6, 6.07) is 28.6. The minimum Gasteiger partial charge on any atom is -0.491 e. The number of carboxylic acids is 1. The minimum absolute atomic E-state index is 0.0152. The Bertz CT molecular complexity index is 2100. The molecule has 3 fully saturated rings. The van der Waals surface area contributed by atoms with Crippen molar-refractivity contribution in [3.05, 3.63) is 137 Å². The number of nitrogens with zero attached hydrogens (tertiary/aromatic N) is 1. The second-order valence-corrected chi connectivity index (χ2v) is 14.9. The van der Waals surface area contributed by atoms with Gasteiger partial charge in [0.25, 0.3) is 0 Å². The van der Waals surface area contributed by atoms with Crippen LogP contribution in [0, 0.1) is 17.8 Å². The van der Waals surface area contributed by atoms with Crippen LogP contribution >= 0.6 is 0 Å². The molecule has 4 aromatic rings. The number of benzene rings is 4. The predicted octanol–water partition coefficient (Wildman–Crippen LogP) is 6.02. The molecule has 1 spiro atoms. The van der Waals surface area contributed by atoms with Crippen molar-refractivity contribution in [1.82, 2.24) is 4.90 Å². The van der Waals surface area contributed by atoms with Crippen molar-refractivity contribution in [1.29, 1.82) is 0 Å². The van der Waals surface area contributed by atoms with Crippen LogP contribution in [0.4, 0.5) is 0 Å². The van der Waals surface area contributed by atoms with Gasteiger partial charge in [0.2, 0.25) is 0 Å². The van der Waals surface area contributed by atoms with E-state index in [0.717, 1.165) is 36.8 Å². The van der Waals surface area contributed by atoms with Gasteiger partial charge in [-0.25, -0.2) is 0 Å². The number of aliphatic hydroxyl groups is 2. The number of carboxylic acid groups (broad SMARTS) is 1. The van der Waals surface area contributed by atoms with E-state index < -0.39 is 53.1 Å². The standard InChI is InChI=1S/C45H43NO8/c47-25-26-53-34-19-17-32(18-20-34)41-45(35-27-29(15-16-33(35)28-36(45)48)21-24-44(52)22-9-1-2-10-23-44)37(42(49)50)39-43(51)54-40(31-13-7-4-8-14-31)38(46(39)41)30-11-5-3-6-12-30/h3-8,11-20,27,37-41,47,52H,1-2,9-10,22-23,25-26,28H2,(H,49,50)/t37-,38-,39-,40+,41+,45-/m1/s1. The molecule has 2 heterocycles. The van der Waals surface area contributed by atoms with Crippen LogP contribution in [0.15, 0.2) is 103 Å². The summed E-state index contributed by atoms with van der Waals surface area (Å²) in [7, 11) is 0. The first-order valence-electron chi connectivity index (χ1n) is 18.8. The molecule has 0 unspecified atom stereocenters. The fraction of sp³-hybridized carbons (Fsp3) is 0.356. The maximum absolute atomic E-state index is 15.0. The minimum atomic E-state index is -1.71. The van der Waals surface area contributed by atoms with Gasteiger partial charge in [-0.2, -0.15) is 0 Å². The fourth-order valence-corrected chi connectivity index (χ4v) is 9.49. The van der Waals surface area contributed by atoms with E-state index in [2.05, 4.69) is 11.8 Å². The van der Waals surface area contributed by atoms with Gasteiger partial charge in [-0.1, -0.05) is 104 Å². The van der Waals surface area contributed by atoms with E-state index in [1.165, 1.54) is 0 Å². The Hall–Kier alpha value is -5.27. The fourth-order valence-electron chi connectivity index (χ4n) is 9.49. The normalized spacial score (nSPS) is 27.3. The number of carbonyl (C=O) groups excluding carboxylic acids is 2. The van der Waals surface area contributed by atoms with Crippen molar-refractivity contribution < 1.29 is 39.2 Å². The van der Waals surface area contributed by atoms with Gasteiger partial charge >= 0.3 is 11.9 Å². The molecule has 0 amide bonds. The number of morpholine rings is 1. The molecule has 2 aliphatic heterocycles. The summed E-state index contributed by atoms with van der Waals surface area (Å²) in [5.41, 5.74) is 1.11. The number of ether oxygens (including phenoxy) is 2. The Morgan fingerprint density at radius 1 is 0.833 bits per heavy atom. The van der Waals surface area contributed by atoms with Gasteiger partial charge in [-0.05, 0) is 77.8 Å². The van der Waals surface area contributed by atoms with Crippen molar-refractivity contribution in [2.24, 2.45) is 5.92 Å². The first-order valence-corrected chi connectivity index (χ1v) is 18.8. The number of carbonyl (C=O) groups is 3. The van der Waals surface area contributed by atoms with Crippen molar-refractivity contribution in [3.8, 4) is 17.6 Å². The van der Waals surface area contributed by atoms with Crippen molar-refractivity contribution >= 4 is 17.7 Å². The van der Waals surface area contributed by atoms with Crippen molar-refractivity contribution in [3.63, 3.8) is 0 Å². The quantitative estimate of drug-likeness (QED) is 0.119. The van der Waals surface area contributed by atoms with Crippen LogP contribution in [0.1, 0.15) is 90.1 Å². The summed E-state index contributed by atoms with van der Waals surface area (Å²) in [5.74, 6) is 3.04. The Kier molecular flexibility index (Phi) is 9.61. The number of hydrogen-bond donors (Lipinski definition) is 3. The zero-order valence-electron chi connectivity index (χ0n) is 29.9. The molecule has 0 aromatic heterocycles. The number of fused-ring (bicyclic) bond motifs is 3.